The predicted octanol–water partition coefficient (Wildman–Crippen LogP) is 0.628. The van der Waals surface area contributed by atoms with Gasteiger partial charge in [0.15, 0.2) is 0 Å². The predicted molar refractivity (Wildman–Crippen MR) is 60.4 cm³/mol. The van der Waals surface area contributed by atoms with Gasteiger partial charge in [0.2, 0.25) is 0 Å². The highest BCUT2D eigenvalue weighted by Gasteiger charge is 2.05. The average Bonchev–Trinajstić information content (AvgIpc) is 2.26. The molecule has 0 bridgehead atoms. The SMILES string of the molecule is COCCN(CCN)Cc1cncc(F)c1. The lowest BCUT2D eigenvalue weighted by Crippen LogP contribution is -2.32. The Hall–Kier alpha value is -1.04. The highest BCUT2D eigenvalue weighted by molar-refractivity contribution is 5.09. The van der Waals surface area contributed by atoms with Crippen molar-refractivity contribution in [2.45, 2.75) is 6.54 Å². The van der Waals surface area contributed by atoms with Gasteiger partial charge in [-0.25, -0.2) is 4.39 Å². The first-order valence-corrected chi connectivity index (χ1v) is 5.27. The van der Waals surface area contributed by atoms with Crippen molar-refractivity contribution in [3.63, 3.8) is 0 Å². The fourth-order valence-electron chi connectivity index (χ4n) is 1.47. The van der Waals surface area contributed by atoms with Gasteiger partial charge >= 0.3 is 0 Å². The Morgan fingerprint density at radius 1 is 1.44 bits per heavy atom. The number of pyridine rings is 1. The summed E-state index contributed by atoms with van der Waals surface area (Å²) in [7, 11) is 1.66. The number of rotatable bonds is 7. The molecule has 0 radical (unpaired) electrons. The molecule has 1 aromatic rings. The van der Waals surface area contributed by atoms with E-state index in [1.54, 1.807) is 13.3 Å². The Balaban J connectivity index is 2.52. The van der Waals surface area contributed by atoms with Crippen LogP contribution in [0, 0.1) is 5.82 Å². The fourth-order valence-corrected chi connectivity index (χ4v) is 1.47. The third-order valence-corrected chi connectivity index (χ3v) is 2.22. The van der Waals surface area contributed by atoms with Gasteiger partial charge in [-0.15, -0.1) is 0 Å². The fraction of sp³-hybridized carbons (Fsp3) is 0.545. The number of methoxy groups -OCH3 is 1. The summed E-state index contributed by atoms with van der Waals surface area (Å²) in [5.74, 6) is -0.308. The Kier molecular flexibility index (Phi) is 5.92. The Morgan fingerprint density at radius 2 is 2.25 bits per heavy atom. The van der Waals surface area contributed by atoms with Gasteiger partial charge in [0, 0.05) is 39.5 Å². The third-order valence-electron chi connectivity index (χ3n) is 2.22. The van der Waals surface area contributed by atoms with Gasteiger partial charge in [-0.2, -0.15) is 0 Å². The van der Waals surface area contributed by atoms with E-state index in [-0.39, 0.29) is 5.82 Å². The van der Waals surface area contributed by atoms with Crippen molar-refractivity contribution in [2.24, 2.45) is 5.73 Å². The van der Waals surface area contributed by atoms with Crippen LogP contribution in [-0.2, 0) is 11.3 Å². The summed E-state index contributed by atoms with van der Waals surface area (Å²) in [6, 6.07) is 1.49. The smallest absolute Gasteiger partial charge is 0.141 e. The van der Waals surface area contributed by atoms with E-state index in [4.69, 9.17) is 10.5 Å². The zero-order valence-corrected chi connectivity index (χ0v) is 9.53. The second-order valence-electron chi connectivity index (χ2n) is 3.57. The first-order valence-electron chi connectivity index (χ1n) is 5.27. The Labute approximate surface area is 95.2 Å². The normalized spacial score (nSPS) is 11.0. The molecule has 0 aliphatic heterocycles. The molecule has 0 fully saturated rings. The zero-order chi connectivity index (χ0) is 11.8. The minimum atomic E-state index is -0.308. The van der Waals surface area contributed by atoms with Gasteiger partial charge in [-0.05, 0) is 11.6 Å². The molecule has 0 spiro atoms. The highest BCUT2D eigenvalue weighted by Crippen LogP contribution is 2.04. The van der Waals surface area contributed by atoms with Crippen molar-refractivity contribution in [3.05, 3.63) is 29.8 Å². The van der Waals surface area contributed by atoms with Crippen LogP contribution in [0.2, 0.25) is 0 Å². The van der Waals surface area contributed by atoms with E-state index < -0.39 is 0 Å². The van der Waals surface area contributed by atoms with Crippen LogP contribution < -0.4 is 5.73 Å². The molecule has 0 amide bonds. The summed E-state index contributed by atoms with van der Waals surface area (Å²) in [5.41, 5.74) is 6.36. The van der Waals surface area contributed by atoms with Gasteiger partial charge in [0.25, 0.3) is 0 Å². The molecule has 0 saturated heterocycles. The first kappa shape index (κ1) is 13.0. The molecule has 0 unspecified atom stereocenters. The van der Waals surface area contributed by atoms with Crippen LogP contribution in [0.25, 0.3) is 0 Å². The van der Waals surface area contributed by atoms with Crippen molar-refractivity contribution in [2.75, 3.05) is 33.4 Å². The van der Waals surface area contributed by atoms with Crippen LogP contribution in [-0.4, -0.2) is 43.2 Å². The van der Waals surface area contributed by atoms with E-state index in [2.05, 4.69) is 9.88 Å². The van der Waals surface area contributed by atoms with Crippen molar-refractivity contribution in [1.29, 1.82) is 0 Å². The average molecular weight is 227 g/mol. The molecule has 2 N–H and O–H groups in total. The molecule has 4 nitrogen and oxygen atoms in total. The van der Waals surface area contributed by atoms with Crippen molar-refractivity contribution < 1.29 is 9.13 Å². The zero-order valence-electron chi connectivity index (χ0n) is 9.53. The van der Waals surface area contributed by atoms with Crippen molar-refractivity contribution >= 4 is 0 Å². The number of hydrogen-bond acceptors (Lipinski definition) is 4. The number of nitrogens with zero attached hydrogens (tertiary/aromatic N) is 2. The summed E-state index contributed by atoms with van der Waals surface area (Å²) in [6.45, 7) is 3.41. The van der Waals surface area contributed by atoms with Crippen LogP contribution >= 0.6 is 0 Å². The van der Waals surface area contributed by atoms with Crippen LogP contribution in [0.5, 0.6) is 0 Å². The minimum Gasteiger partial charge on any atom is -0.383 e. The second-order valence-corrected chi connectivity index (χ2v) is 3.57. The number of ether oxygens (including phenoxy) is 1. The molecule has 0 aliphatic carbocycles. The molecule has 0 aromatic carbocycles. The summed E-state index contributed by atoms with van der Waals surface area (Å²) in [6.07, 6.45) is 2.87. The van der Waals surface area contributed by atoms with Crippen LogP contribution in [0.1, 0.15) is 5.56 Å². The summed E-state index contributed by atoms with van der Waals surface area (Å²) in [5, 5.41) is 0. The third kappa shape index (κ3) is 4.65. The van der Waals surface area contributed by atoms with Crippen molar-refractivity contribution in [1.82, 2.24) is 9.88 Å². The van der Waals surface area contributed by atoms with Gasteiger partial charge in [-0.1, -0.05) is 0 Å². The lowest BCUT2D eigenvalue weighted by Gasteiger charge is -2.20. The quantitative estimate of drug-likeness (QED) is 0.742. The van der Waals surface area contributed by atoms with E-state index >= 15 is 0 Å². The minimum absolute atomic E-state index is 0.308. The van der Waals surface area contributed by atoms with Gasteiger partial charge in [0.05, 0.1) is 12.8 Å². The van der Waals surface area contributed by atoms with E-state index in [0.717, 1.165) is 18.7 Å². The molecule has 16 heavy (non-hydrogen) atoms. The topological polar surface area (TPSA) is 51.4 Å². The standard InChI is InChI=1S/C11H18FN3O/c1-16-5-4-15(3-2-13)9-10-6-11(12)8-14-7-10/h6-8H,2-5,9,13H2,1H3. The van der Waals surface area contributed by atoms with E-state index in [1.807, 2.05) is 0 Å². The van der Waals surface area contributed by atoms with Crippen LogP contribution in [0.15, 0.2) is 18.5 Å². The maximum atomic E-state index is 12.9. The molecule has 5 heteroatoms. The number of hydrogen-bond donors (Lipinski definition) is 1. The summed E-state index contributed by atoms with van der Waals surface area (Å²) < 4.78 is 17.9. The molecule has 1 heterocycles. The van der Waals surface area contributed by atoms with Gasteiger partial charge in [0.1, 0.15) is 5.82 Å². The largest absolute Gasteiger partial charge is 0.383 e. The maximum Gasteiger partial charge on any atom is 0.141 e. The molecule has 0 saturated carbocycles. The van der Waals surface area contributed by atoms with E-state index in [0.29, 0.717) is 19.7 Å². The Morgan fingerprint density at radius 3 is 2.88 bits per heavy atom. The highest BCUT2D eigenvalue weighted by atomic mass is 19.1. The molecular formula is C11H18FN3O. The number of aromatic nitrogens is 1. The van der Waals surface area contributed by atoms with Crippen LogP contribution in [0.3, 0.4) is 0 Å². The monoisotopic (exact) mass is 227 g/mol. The van der Waals surface area contributed by atoms with E-state index in [1.165, 1.54) is 12.3 Å². The maximum absolute atomic E-state index is 12.9. The molecule has 0 atom stereocenters. The molecular weight excluding hydrogens is 209 g/mol. The summed E-state index contributed by atoms with van der Waals surface area (Å²) in [4.78, 5) is 5.92. The molecule has 0 aliphatic rings. The van der Waals surface area contributed by atoms with Crippen LogP contribution in [0.4, 0.5) is 4.39 Å². The van der Waals surface area contributed by atoms with Crippen molar-refractivity contribution in [3.8, 4) is 0 Å². The van der Waals surface area contributed by atoms with E-state index in [9.17, 15) is 4.39 Å². The molecule has 1 aromatic heterocycles. The molecule has 90 valence electrons. The van der Waals surface area contributed by atoms with Gasteiger partial charge in [-0.3, -0.25) is 9.88 Å². The summed E-state index contributed by atoms with van der Waals surface area (Å²) >= 11 is 0. The molecule has 1 rings (SSSR count). The Bertz CT molecular complexity index is 309. The number of halogens is 1. The second kappa shape index (κ2) is 7.27. The van der Waals surface area contributed by atoms with Gasteiger partial charge < -0.3 is 10.5 Å². The number of nitrogens with two attached hydrogens (primary N) is 1. The lowest BCUT2D eigenvalue weighted by molar-refractivity contribution is 0.146. The lowest BCUT2D eigenvalue weighted by atomic mass is 10.2. The first-order chi connectivity index (χ1) is 7.76.